The summed E-state index contributed by atoms with van der Waals surface area (Å²) in [6.45, 7) is 4.17. The zero-order valence-electron chi connectivity index (χ0n) is 19.3. The number of ether oxygens (including phenoxy) is 2. The molecule has 1 aromatic heterocycles. The van der Waals surface area contributed by atoms with Crippen LogP contribution in [0.3, 0.4) is 0 Å². The highest BCUT2D eigenvalue weighted by molar-refractivity contribution is 6.04. The maximum atomic E-state index is 13.7. The highest BCUT2D eigenvalue weighted by Crippen LogP contribution is 2.33. The van der Waals surface area contributed by atoms with Crippen LogP contribution in [0.2, 0.25) is 0 Å². The lowest BCUT2D eigenvalue weighted by Gasteiger charge is -2.16. The average Bonchev–Trinajstić information content (AvgIpc) is 2.83. The molecular formula is C25H28FN5O3. The normalized spacial score (nSPS) is 13.6. The molecule has 3 N–H and O–H groups in total. The molecule has 1 fully saturated rings. The van der Waals surface area contributed by atoms with Crippen LogP contribution in [0.4, 0.5) is 21.6 Å². The number of anilines is 3. The molecule has 3 aromatic rings. The Balaban J connectivity index is 1.67. The zero-order valence-corrected chi connectivity index (χ0v) is 19.3. The van der Waals surface area contributed by atoms with Gasteiger partial charge in [0.25, 0.3) is 0 Å². The van der Waals surface area contributed by atoms with Gasteiger partial charge in [0.05, 0.1) is 17.8 Å². The quantitative estimate of drug-likeness (QED) is 0.340. The van der Waals surface area contributed by atoms with Crippen LogP contribution in [0.25, 0.3) is 10.9 Å². The summed E-state index contributed by atoms with van der Waals surface area (Å²) in [6, 6.07) is 8.31. The minimum Gasteiger partial charge on any atom is -0.489 e. The molecule has 0 aliphatic carbocycles. The van der Waals surface area contributed by atoms with E-state index in [2.05, 4.69) is 25.9 Å². The van der Waals surface area contributed by atoms with Gasteiger partial charge in [-0.2, -0.15) is 0 Å². The number of methoxy groups -OCH3 is 1. The van der Waals surface area contributed by atoms with Crippen LogP contribution in [0, 0.1) is 12.7 Å². The summed E-state index contributed by atoms with van der Waals surface area (Å²) in [7, 11) is 1.60. The number of amides is 1. The third kappa shape index (κ3) is 5.86. The van der Waals surface area contributed by atoms with E-state index in [1.807, 2.05) is 0 Å². The van der Waals surface area contributed by atoms with E-state index >= 15 is 0 Å². The maximum Gasteiger partial charge on any atom is 0.248 e. The van der Waals surface area contributed by atoms with Gasteiger partial charge in [-0.05, 0) is 62.7 Å². The fraction of sp³-hybridized carbons (Fsp3) is 0.320. The number of fused-ring (bicyclic) bond motifs is 1. The average molecular weight is 466 g/mol. The molecule has 8 nitrogen and oxygen atoms in total. The summed E-state index contributed by atoms with van der Waals surface area (Å²) >= 11 is 0. The molecule has 2 aromatic carbocycles. The Labute approximate surface area is 197 Å². The van der Waals surface area contributed by atoms with Crippen LogP contribution in [-0.2, 0) is 9.53 Å². The first-order chi connectivity index (χ1) is 16.5. The molecule has 1 aliphatic rings. The Bertz CT molecular complexity index is 1210. The molecule has 178 valence electrons. The second-order valence-electron chi connectivity index (χ2n) is 8.06. The topological polar surface area (TPSA) is 97.4 Å². The summed E-state index contributed by atoms with van der Waals surface area (Å²) in [4.78, 5) is 21.5. The van der Waals surface area contributed by atoms with Crippen molar-refractivity contribution in [1.82, 2.24) is 15.3 Å². The smallest absolute Gasteiger partial charge is 0.248 e. The minimum absolute atomic E-state index is 0.214. The van der Waals surface area contributed by atoms with Crippen LogP contribution in [-0.4, -0.2) is 49.3 Å². The Morgan fingerprint density at radius 2 is 2.00 bits per heavy atom. The van der Waals surface area contributed by atoms with Gasteiger partial charge < -0.3 is 25.4 Å². The molecule has 0 unspecified atom stereocenters. The zero-order chi connectivity index (χ0) is 23.9. The van der Waals surface area contributed by atoms with E-state index in [-0.39, 0.29) is 11.7 Å². The molecule has 1 aliphatic heterocycles. The molecule has 1 amide bonds. The Morgan fingerprint density at radius 1 is 1.18 bits per heavy atom. The molecule has 4 rings (SSSR count). The number of carbonyl (C=O) groups excluding carboxylic acids is 1. The minimum atomic E-state index is -0.274. The number of rotatable bonds is 8. The van der Waals surface area contributed by atoms with Crippen molar-refractivity contribution in [2.45, 2.75) is 19.8 Å². The van der Waals surface area contributed by atoms with Gasteiger partial charge in [-0.1, -0.05) is 5.57 Å². The Kier molecular flexibility index (Phi) is 7.66. The molecule has 9 heteroatoms. The summed E-state index contributed by atoms with van der Waals surface area (Å²) in [5.74, 6) is 0.535. The van der Waals surface area contributed by atoms with Gasteiger partial charge in [-0.15, -0.1) is 0 Å². The van der Waals surface area contributed by atoms with Gasteiger partial charge in [0, 0.05) is 30.3 Å². The lowest BCUT2D eigenvalue weighted by atomic mass is 10.1. The predicted octanol–water partition coefficient (Wildman–Crippen LogP) is 4.09. The number of piperidine rings is 1. The third-order valence-electron chi connectivity index (χ3n) is 5.54. The number of benzene rings is 2. The number of nitrogens with zero attached hydrogens (tertiary/aromatic N) is 2. The monoisotopic (exact) mass is 465 g/mol. The van der Waals surface area contributed by atoms with E-state index in [4.69, 9.17) is 9.47 Å². The van der Waals surface area contributed by atoms with E-state index in [1.165, 1.54) is 12.4 Å². The van der Waals surface area contributed by atoms with Crippen molar-refractivity contribution < 1.29 is 18.7 Å². The standard InChI is InChI=1S/C25H28FN5O3/c1-16-11-18(3-4-20(16)26)30-25-19-13-22(31-24(32)12-17-5-7-27-8-6-17)23(34-10-9-33-2)14-21(19)28-15-29-25/h3-4,11-15,27H,5-10H2,1-2H3,(H,31,32)(H,28,29,30). The second-order valence-corrected chi connectivity index (χ2v) is 8.06. The highest BCUT2D eigenvalue weighted by Gasteiger charge is 2.14. The van der Waals surface area contributed by atoms with Gasteiger partial charge in [-0.25, -0.2) is 14.4 Å². The summed E-state index contributed by atoms with van der Waals surface area (Å²) in [6.07, 6.45) is 4.80. The first-order valence-corrected chi connectivity index (χ1v) is 11.2. The summed E-state index contributed by atoms with van der Waals surface area (Å²) in [5.41, 5.74) is 3.47. The number of hydrogen-bond donors (Lipinski definition) is 3. The molecule has 2 heterocycles. The third-order valence-corrected chi connectivity index (χ3v) is 5.54. The fourth-order valence-electron chi connectivity index (χ4n) is 3.74. The van der Waals surface area contributed by atoms with Crippen molar-refractivity contribution in [3.05, 3.63) is 59.7 Å². The summed E-state index contributed by atoms with van der Waals surface area (Å²) in [5, 5.41) is 10.1. The van der Waals surface area contributed by atoms with E-state index in [1.54, 1.807) is 44.4 Å². The fourth-order valence-corrected chi connectivity index (χ4v) is 3.74. The number of aromatic nitrogens is 2. The molecule has 0 radical (unpaired) electrons. The van der Waals surface area contributed by atoms with Crippen LogP contribution in [0.15, 0.2) is 48.3 Å². The van der Waals surface area contributed by atoms with Crippen LogP contribution in [0.5, 0.6) is 5.75 Å². The van der Waals surface area contributed by atoms with Gasteiger partial charge in [0.1, 0.15) is 30.3 Å². The van der Waals surface area contributed by atoms with Gasteiger partial charge in [0.2, 0.25) is 5.91 Å². The van der Waals surface area contributed by atoms with E-state index < -0.39 is 0 Å². The molecule has 34 heavy (non-hydrogen) atoms. The van der Waals surface area contributed by atoms with Crippen molar-refractivity contribution in [2.75, 3.05) is 44.0 Å². The van der Waals surface area contributed by atoms with Crippen molar-refractivity contribution in [2.24, 2.45) is 0 Å². The van der Waals surface area contributed by atoms with Gasteiger partial charge in [-0.3, -0.25) is 4.79 Å². The van der Waals surface area contributed by atoms with Crippen molar-refractivity contribution in [3.8, 4) is 5.75 Å². The summed E-state index contributed by atoms with van der Waals surface area (Å²) < 4.78 is 24.6. The number of halogens is 1. The second kappa shape index (κ2) is 11.0. The SMILES string of the molecule is COCCOc1cc2ncnc(Nc3ccc(F)c(C)c3)c2cc1NC(=O)C=C1CCNCC1. The van der Waals surface area contributed by atoms with Crippen LogP contribution in [0.1, 0.15) is 18.4 Å². The Hall–Kier alpha value is -3.56. The number of aryl methyl sites for hydroxylation is 1. The highest BCUT2D eigenvalue weighted by atomic mass is 19.1. The molecule has 0 atom stereocenters. The predicted molar refractivity (Wildman–Crippen MR) is 130 cm³/mol. The van der Waals surface area contributed by atoms with Gasteiger partial charge in [0.15, 0.2) is 0 Å². The largest absolute Gasteiger partial charge is 0.489 e. The van der Waals surface area contributed by atoms with Crippen molar-refractivity contribution in [3.63, 3.8) is 0 Å². The van der Waals surface area contributed by atoms with E-state index in [0.29, 0.717) is 52.6 Å². The first kappa shape index (κ1) is 23.6. The maximum absolute atomic E-state index is 13.7. The van der Waals surface area contributed by atoms with Gasteiger partial charge >= 0.3 is 0 Å². The van der Waals surface area contributed by atoms with E-state index in [0.717, 1.165) is 31.5 Å². The first-order valence-electron chi connectivity index (χ1n) is 11.2. The number of hydrogen-bond acceptors (Lipinski definition) is 7. The molecule has 0 bridgehead atoms. The van der Waals surface area contributed by atoms with Crippen molar-refractivity contribution in [1.29, 1.82) is 0 Å². The lowest BCUT2D eigenvalue weighted by molar-refractivity contribution is -0.112. The van der Waals surface area contributed by atoms with Crippen LogP contribution >= 0.6 is 0 Å². The molecule has 1 saturated heterocycles. The molecule has 0 spiro atoms. The molecule has 0 saturated carbocycles. The molecular weight excluding hydrogens is 437 g/mol. The van der Waals surface area contributed by atoms with Crippen molar-refractivity contribution >= 4 is 34.0 Å². The lowest BCUT2D eigenvalue weighted by Crippen LogP contribution is -2.24. The number of carbonyl (C=O) groups is 1. The Morgan fingerprint density at radius 3 is 2.76 bits per heavy atom. The number of nitrogens with one attached hydrogen (secondary N) is 3. The van der Waals surface area contributed by atoms with E-state index in [9.17, 15) is 9.18 Å². The van der Waals surface area contributed by atoms with Crippen LogP contribution < -0.4 is 20.7 Å².